The maximum absolute atomic E-state index is 8.94. The van der Waals surface area contributed by atoms with Gasteiger partial charge in [-0.05, 0) is 37.0 Å². The van der Waals surface area contributed by atoms with E-state index in [1.54, 1.807) is 5.57 Å². The molecule has 0 bridgehead atoms. The molecule has 0 unspecified atom stereocenters. The number of allylic oxidation sites excluding steroid dienone is 2. The second-order valence-electron chi connectivity index (χ2n) is 5.03. The van der Waals surface area contributed by atoms with E-state index in [1.807, 2.05) is 0 Å². The molecule has 1 saturated carbocycles. The zero-order valence-electron chi connectivity index (χ0n) is 9.14. The van der Waals surface area contributed by atoms with Gasteiger partial charge in [-0.15, -0.1) is 0 Å². The SMILES string of the molecule is CC(C)/C=C1\CC[C@@](C)(CCO)C1. The van der Waals surface area contributed by atoms with Gasteiger partial charge in [0.25, 0.3) is 0 Å². The molecule has 0 aliphatic heterocycles. The quantitative estimate of drug-likeness (QED) is 0.665. The van der Waals surface area contributed by atoms with Crippen LogP contribution in [0.3, 0.4) is 0 Å². The summed E-state index contributed by atoms with van der Waals surface area (Å²) in [7, 11) is 0. The minimum absolute atomic E-state index is 0.339. The molecule has 1 heteroatoms. The van der Waals surface area contributed by atoms with E-state index < -0.39 is 0 Å². The van der Waals surface area contributed by atoms with E-state index in [0.29, 0.717) is 17.9 Å². The first-order valence-corrected chi connectivity index (χ1v) is 5.36. The summed E-state index contributed by atoms with van der Waals surface area (Å²) in [5.74, 6) is 0.673. The predicted molar refractivity (Wildman–Crippen MR) is 56.6 cm³/mol. The summed E-state index contributed by atoms with van der Waals surface area (Å²) in [5, 5.41) is 8.94. The molecule has 0 radical (unpaired) electrons. The zero-order valence-corrected chi connectivity index (χ0v) is 9.14. The number of hydrogen-bond donors (Lipinski definition) is 1. The van der Waals surface area contributed by atoms with Crippen LogP contribution in [-0.2, 0) is 0 Å². The van der Waals surface area contributed by atoms with Gasteiger partial charge in [0.2, 0.25) is 0 Å². The number of rotatable bonds is 3. The van der Waals surface area contributed by atoms with Gasteiger partial charge < -0.3 is 5.11 Å². The highest BCUT2D eigenvalue weighted by atomic mass is 16.3. The van der Waals surface area contributed by atoms with Crippen LogP contribution >= 0.6 is 0 Å². The van der Waals surface area contributed by atoms with Gasteiger partial charge in [-0.2, -0.15) is 0 Å². The van der Waals surface area contributed by atoms with Gasteiger partial charge in [-0.25, -0.2) is 0 Å². The van der Waals surface area contributed by atoms with E-state index >= 15 is 0 Å². The fourth-order valence-corrected chi connectivity index (χ4v) is 2.28. The summed E-state index contributed by atoms with van der Waals surface area (Å²) in [6.45, 7) is 7.10. The lowest BCUT2D eigenvalue weighted by Crippen LogP contribution is -2.12. The second-order valence-corrected chi connectivity index (χ2v) is 5.03. The van der Waals surface area contributed by atoms with Crippen LogP contribution in [0.2, 0.25) is 0 Å². The molecule has 1 aliphatic rings. The van der Waals surface area contributed by atoms with Gasteiger partial charge in [-0.1, -0.05) is 32.4 Å². The number of hydrogen-bond acceptors (Lipinski definition) is 1. The van der Waals surface area contributed by atoms with Crippen LogP contribution < -0.4 is 0 Å². The van der Waals surface area contributed by atoms with Gasteiger partial charge in [0.1, 0.15) is 0 Å². The molecule has 0 heterocycles. The topological polar surface area (TPSA) is 20.2 Å². The van der Waals surface area contributed by atoms with Crippen molar-refractivity contribution in [3.8, 4) is 0 Å². The van der Waals surface area contributed by atoms with Crippen molar-refractivity contribution in [2.24, 2.45) is 11.3 Å². The third kappa shape index (κ3) is 3.15. The van der Waals surface area contributed by atoms with Crippen molar-refractivity contribution in [2.75, 3.05) is 6.61 Å². The normalized spacial score (nSPS) is 31.9. The molecule has 0 aromatic carbocycles. The average Bonchev–Trinajstić information content (AvgIpc) is 2.31. The Hall–Kier alpha value is -0.300. The van der Waals surface area contributed by atoms with Gasteiger partial charge >= 0.3 is 0 Å². The number of aliphatic hydroxyl groups is 1. The molecule has 1 aliphatic carbocycles. The summed E-state index contributed by atoms with van der Waals surface area (Å²) in [5.41, 5.74) is 1.99. The molecular formula is C12H22O. The molecule has 0 saturated heterocycles. The molecule has 1 atom stereocenters. The Balaban J connectivity index is 2.52. The molecule has 13 heavy (non-hydrogen) atoms. The fourth-order valence-electron chi connectivity index (χ4n) is 2.28. The minimum atomic E-state index is 0.339. The van der Waals surface area contributed by atoms with E-state index in [4.69, 9.17) is 5.11 Å². The maximum Gasteiger partial charge on any atom is 0.0436 e. The van der Waals surface area contributed by atoms with E-state index in [0.717, 1.165) is 6.42 Å². The van der Waals surface area contributed by atoms with Crippen LogP contribution in [0.5, 0.6) is 0 Å². The standard InChI is InChI=1S/C12H22O/c1-10(2)8-11-4-5-12(3,9-11)6-7-13/h8,10,13H,4-7,9H2,1-3H3/b11-8+/t12-/m0/s1. The highest BCUT2D eigenvalue weighted by Crippen LogP contribution is 2.43. The Morgan fingerprint density at radius 1 is 1.54 bits per heavy atom. The summed E-state index contributed by atoms with van der Waals surface area (Å²) < 4.78 is 0. The van der Waals surface area contributed by atoms with Crippen molar-refractivity contribution in [3.63, 3.8) is 0 Å². The summed E-state index contributed by atoms with van der Waals surface area (Å²) >= 11 is 0. The predicted octanol–water partition coefficient (Wildman–Crippen LogP) is 3.14. The van der Waals surface area contributed by atoms with Crippen molar-refractivity contribution in [2.45, 2.75) is 46.5 Å². The lowest BCUT2D eigenvalue weighted by molar-refractivity contribution is 0.203. The fraction of sp³-hybridized carbons (Fsp3) is 0.833. The van der Waals surface area contributed by atoms with Crippen LogP contribution in [0.1, 0.15) is 46.5 Å². The highest BCUT2D eigenvalue weighted by molar-refractivity contribution is 5.12. The molecule has 0 amide bonds. The van der Waals surface area contributed by atoms with Crippen LogP contribution in [0.15, 0.2) is 11.6 Å². The Morgan fingerprint density at radius 2 is 2.23 bits per heavy atom. The molecular weight excluding hydrogens is 160 g/mol. The molecule has 0 aromatic rings. The Bertz CT molecular complexity index is 193. The average molecular weight is 182 g/mol. The first kappa shape index (κ1) is 10.8. The van der Waals surface area contributed by atoms with Crippen molar-refractivity contribution in [1.29, 1.82) is 0 Å². The third-order valence-electron chi connectivity index (χ3n) is 2.99. The molecule has 1 N–H and O–H groups in total. The van der Waals surface area contributed by atoms with Crippen LogP contribution in [0, 0.1) is 11.3 Å². The van der Waals surface area contributed by atoms with Crippen LogP contribution in [-0.4, -0.2) is 11.7 Å². The molecule has 0 spiro atoms. The Morgan fingerprint density at radius 3 is 2.77 bits per heavy atom. The van der Waals surface area contributed by atoms with Gasteiger partial charge in [0.05, 0.1) is 0 Å². The summed E-state index contributed by atoms with van der Waals surface area (Å²) in [6, 6.07) is 0. The minimum Gasteiger partial charge on any atom is -0.396 e. The van der Waals surface area contributed by atoms with E-state index in [1.165, 1.54) is 19.3 Å². The molecule has 0 aromatic heterocycles. The Kier molecular flexibility index (Phi) is 3.55. The van der Waals surface area contributed by atoms with Crippen molar-refractivity contribution >= 4 is 0 Å². The maximum atomic E-state index is 8.94. The van der Waals surface area contributed by atoms with Crippen molar-refractivity contribution < 1.29 is 5.11 Å². The Labute approximate surface area is 81.9 Å². The van der Waals surface area contributed by atoms with Crippen molar-refractivity contribution in [1.82, 2.24) is 0 Å². The van der Waals surface area contributed by atoms with Gasteiger partial charge in [0, 0.05) is 6.61 Å². The molecule has 1 rings (SSSR count). The lowest BCUT2D eigenvalue weighted by Gasteiger charge is -2.21. The molecule has 1 nitrogen and oxygen atoms in total. The summed E-state index contributed by atoms with van der Waals surface area (Å²) in [6.07, 6.45) is 7.05. The molecule has 1 fully saturated rings. The molecule has 76 valence electrons. The second kappa shape index (κ2) is 4.28. The monoisotopic (exact) mass is 182 g/mol. The number of aliphatic hydroxyl groups excluding tert-OH is 1. The van der Waals surface area contributed by atoms with Gasteiger partial charge in [0.15, 0.2) is 0 Å². The van der Waals surface area contributed by atoms with E-state index in [2.05, 4.69) is 26.8 Å². The first-order chi connectivity index (χ1) is 6.06. The summed E-state index contributed by atoms with van der Waals surface area (Å²) in [4.78, 5) is 0. The third-order valence-corrected chi connectivity index (χ3v) is 2.99. The van der Waals surface area contributed by atoms with Crippen LogP contribution in [0.4, 0.5) is 0 Å². The van der Waals surface area contributed by atoms with Gasteiger partial charge in [-0.3, -0.25) is 0 Å². The smallest absolute Gasteiger partial charge is 0.0436 e. The first-order valence-electron chi connectivity index (χ1n) is 5.36. The zero-order chi connectivity index (χ0) is 9.90. The van der Waals surface area contributed by atoms with Crippen molar-refractivity contribution in [3.05, 3.63) is 11.6 Å². The van der Waals surface area contributed by atoms with E-state index in [9.17, 15) is 0 Å². The highest BCUT2D eigenvalue weighted by Gasteiger charge is 2.30. The van der Waals surface area contributed by atoms with E-state index in [-0.39, 0.29) is 0 Å². The van der Waals surface area contributed by atoms with Crippen LogP contribution in [0.25, 0.3) is 0 Å². The lowest BCUT2D eigenvalue weighted by atomic mass is 9.85. The largest absolute Gasteiger partial charge is 0.396 e.